The van der Waals surface area contributed by atoms with Crippen LogP contribution in [0.25, 0.3) is 0 Å². The molecule has 0 aliphatic carbocycles. The molecular formula is C9H14O. The zero-order valence-corrected chi connectivity index (χ0v) is 6.74. The van der Waals surface area contributed by atoms with Gasteiger partial charge in [-0.05, 0) is 13.3 Å². The third kappa shape index (κ3) is 5.37. The van der Waals surface area contributed by atoms with Crippen LogP contribution in [0, 0.1) is 11.8 Å². The topological polar surface area (TPSA) is 17.1 Å². The molecule has 0 spiro atoms. The van der Waals surface area contributed by atoms with Gasteiger partial charge >= 0.3 is 0 Å². The first-order valence-electron chi connectivity index (χ1n) is 3.72. The zero-order valence-electron chi connectivity index (χ0n) is 6.74. The maximum absolute atomic E-state index is 10.9. The Balaban J connectivity index is 3.31. The standard InChI is InChI=1S/C9H14O/c1-3-5-7-9(10)8-6-4-2/h3,5,7-8H2,1-2H3. The molecule has 0 radical (unpaired) electrons. The Morgan fingerprint density at radius 1 is 1.50 bits per heavy atom. The fourth-order valence-corrected chi connectivity index (χ4v) is 0.649. The highest BCUT2D eigenvalue weighted by Gasteiger charge is 1.96. The number of unbranched alkanes of at least 4 members (excludes halogenated alkanes) is 1. The minimum atomic E-state index is 0.274. The predicted molar refractivity (Wildman–Crippen MR) is 42.6 cm³/mol. The monoisotopic (exact) mass is 138 g/mol. The fourth-order valence-electron chi connectivity index (χ4n) is 0.649. The minimum Gasteiger partial charge on any atom is -0.299 e. The summed E-state index contributed by atoms with van der Waals surface area (Å²) in [6.45, 7) is 3.84. The van der Waals surface area contributed by atoms with Crippen LogP contribution in [0.4, 0.5) is 0 Å². The van der Waals surface area contributed by atoms with Gasteiger partial charge in [-0.3, -0.25) is 4.79 Å². The van der Waals surface area contributed by atoms with Crippen LogP contribution in [0.15, 0.2) is 0 Å². The third-order valence-electron chi connectivity index (χ3n) is 1.27. The molecule has 1 nitrogen and oxygen atoms in total. The largest absolute Gasteiger partial charge is 0.299 e. The van der Waals surface area contributed by atoms with E-state index in [-0.39, 0.29) is 5.78 Å². The van der Waals surface area contributed by atoms with Crippen molar-refractivity contribution in [2.75, 3.05) is 0 Å². The highest BCUT2D eigenvalue weighted by molar-refractivity contribution is 5.80. The van der Waals surface area contributed by atoms with E-state index in [9.17, 15) is 4.79 Å². The lowest BCUT2D eigenvalue weighted by molar-refractivity contribution is -0.118. The average Bonchev–Trinajstić information content (AvgIpc) is 1.97. The van der Waals surface area contributed by atoms with Gasteiger partial charge in [0.15, 0.2) is 0 Å². The lowest BCUT2D eigenvalue weighted by Gasteiger charge is -1.91. The van der Waals surface area contributed by atoms with E-state index in [0.29, 0.717) is 12.8 Å². The summed E-state index contributed by atoms with van der Waals surface area (Å²) in [4.78, 5) is 10.9. The number of hydrogen-bond donors (Lipinski definition) is 0. The molecule has 0 saturated heterocycles. The second-order valence-corrected chi connectivity index (χ2v) is 2.25. The van der Waals surface area contributed by atoms with Gasteiger partial charge in [0.1, 0.15) is 5.78 Å². The van der Waals surface area contributed by atoms with E-state index in [1.54, 1.807) is 6.92 Å². The normalized spacial score (nSPS) is 8.20. The van der Waals surface area contributed by atoms with Crippen LogP contribution < -0.4 is 0 Å². The highest BCUT2D eigenvalue weighted by Crippen LogP contribution is 1.96. The van der Waals surface area contributed by atoms with E-state index < -0.39 is 0 Å². The van der Waals surface area contributed by atoms with Gasteiger partial charge in [-0.15, -0.1) is 5.92 Å². The molecule has 0 fully saturated rings. The molecule has 0 unspecified atom stereocenters. The van der Waals surface area contributed by atoms with E-state index in [1.165, 1.54) is 0 Å². The third-order valence-corrected chi connectivity index (χ3v) is 1.27. The summed E-state index contributed by atoms with van der Waals surface area (Å²) in [5.74, 6) is 5.74. The van der Waals surface area contributed by atoms with E-state index in [0.717, 1.165) is 12.8 Å². The predicted octanol–water partition coefficient (Wildman–Crippen LogP) is 2.16. The summed E-state index contributed by atoms with van der Waals surface area (Å²) in [7, 11) is 0. The maximum atomic E-state index is 10.9. The van der Waals surface area contributed by atoms with Crippen LogP contribution in [0.5, 0.6) is 0 Å². The number of Topliss-reactive ketones (excluding diaryl/α,β-unsaturated/α-hetero) is 1. The van der Waals surface area contributed by atoms with Crippen molar-refractivity contribution in [2.24, 2.45) is 0 Å². The van der Waals surface area contributed by atoms with Gasteiger partial charge in [-0.25, -0.2) is 0 Å². The van der Waals surface area contributed by atoms with Crippen molar-refractivity contribution in [3.8, 4) is 11.8 Å². The average molecular weight is 138 g/mol. The Labute approximate surface area is 62.8 Å². The van der Waals surface area contributed by atoms with Crippen LogP contribution >= 0.6 is 0 Å². The summed E-state index contributed by atoms with van der Waals surface area (Å²) in [5, 5.41) is 0. The molecule has 0 amide bonds. The molecule has 0 rings (SSSR count). The number of carbonyl (C=O) groups excluding carboxylic acids is 1. The van der Waals surface area contributed by atoms with E-state index in [1.807, 2.05) is 0 Å². The Kier molecular flexibility index (Phi) is 5.86. The van der Waals surface area contributed by atoms with Gasteiger partial charge < -0.3 is 0 Å². The molecule has 0 bridgehead atoms. The van der Waals surface area contributed by atoms with Crippen LogP contribution in [0.2, 0.25) is 0 Å². The van der Waals surface area contributed by atoms with Gasteiger partial charge in [0.05, 0.1) is 6.42 Å². The molecule has 0 saturated carbocycles. The lowest BCUT2D eigenvalue weighted by atomic mass is 10.1. The Morgan fingerprint density at radius 3 is 2.70 bits per heavy atom. The molecule has 0 N–H and O–H groups in total. The first-order chi connectivity index (χ1) is 4.81. The second-order valence-electron chi connectivity index (χ2n) is 2.25. The zero-order chi connectivity index (χ0) is 7.82. The molecule has 0 aromatic rings. The Bertz CT molecular complexity index is 148. The van der Waals surface area contributed by atoms with Crippen LogP contribution in [0.1, 0.15) is 39.5 Å². The highest BCUT2D eigenvalue weighted by atomic mass is 16.1. The molecule has 0 heterocycles. The second kappa shape index (κ2) is 6.35. The quantitative estimate of drug-likeness (QED) is 0.544. The summed E-state index contributed by atoms with van der Waals surface area (Å²) in [6, 6.07) is 0. The van der Waals surface area contributed by atoms with Crippen LogP contribution in [0.3, 0.4) is 0 Å². The smallest absolute Gasteiger partial charge is 0.144 e. The molecule has 0 atom stereocenters. The Morgan fingerprint density at radius 2 is 2.20 bits per heavy atom. The van der Waals surface area contributed by atoms with Gasteiger partial charge in [0.25, 0.3) is 0 Å². The van der Waals surface area contributed by atoms with Gasteiger partial charge in [0.2, 0.25) is 0 Å². The van der Waals surface area contributed by atoms with Gasteiger partial charge in [-0.1, -0.05) is 19.3 Å². The maximum Gasteiger partial charge on any atom is 0.144 e. The number of rotatable bonds is 4. The molecule has 10 heavy (non-hydrogen) atoms. The Hall–Kier alpha value is -0.770. The molecule has 56 valence electrons. The summed E-state index contributed by atoms with van der Waals surface area (Å²) >= 11 is 0. The molecule has 0 aromatic heterocycles. The summed E-state index contributed by atoms with van der Waals surface area (Å²) < 4.78 is 0. The van der Waals surface area contributed by atoms with Crippen LogP contribution in [-0.4, -0.2) is 5.78 Å². The molecule has 0 aliphatic rings. The summed E-state index contributed by atoms with van der Waals surface area (Å²) in [6.07, 6.45) is 3.23. The number of carbonyl (C=O) groups is 1. The van der Waals surface area contributed by atoms with Crippen molar-refractivity contribution in [3.05, 3.63) is 0 Å². The first kappa shape index (κ1) is 9.23. The lowest BCUT2D eigenvalue weighted by Crippen LogP contribution is -1.94. The fraction of sp³-hybridized carbons (Fsp3) is 0.667. The van der Waals surface area contributed by atoms with Crippen molar-refractivity contribution in [3.63, 3.8) is 0 Å². The van der Waals surface area contributed by atoms with Crippen LogP contribution in [-0.2, 0) is 4.79 Å². The van der Waals surface area contributed by atoms with Gasteiger partial charge in [-0.2, -0.15) is 0 Å². The SMILES string of the molecule is CC#CCC(=O)CCCC. The molecule has 1 heteroatoms. The summed E-state index contributed by atoms with van der Waals surface area (Å²) in [5.41, 5.74) is 0. The van der Waals surface area contributed by atoms with Gasteiger partial charge in [0, 0.05) is 6.42 Å². The van der Waals surface area contributed by atoms with E-state index >= 15 is 0 Å². The van der Waals surface area contributed by atoms with E-state index in [2.05, 4.69) is 18.8 Å². The van der Waals surface area contributed by atoms with E-state index in [4.69, 9.17) is 0 Å². The minimum absolute atomic E-state index is 0.274. The molecule has 0 aliphatic heterocycles. The number of hydrogen-bond acceptors (Lipinski definition) is 1. The van der Waals surface area contributed by atoms with Crippen molar-refractivity contribution in [1.82, 2.24) is 0 Å². The molecular weight excluding hydrogens is 124 g/mol. The van der Waals surface area contributed by atoms with Crippen molar-refractivity contribution in [1.29, 1.82) is 0 Å². The van der Waals surface area contributed by atoms with Crippen molar-refractivity contribution >= 4 is 5.78 Å². The molecule has 0 aromatic carbocycles. The van der Waals surface area contributed by atoms with Crippen molar-refractivity contribution in [2.45, 2.75) is 39.5 Å². The number of ketones is 1. The van der Waals surface area contributed by atoms with Crippen molar-refractivity contribution < 1.29 is 4.79 Å². The first-order valence-corrected chi connectivity index (χ1v) is 3.72.